The molecule has 0 aliphatic heterocycles. The van der Waals surface area contributed by atoms with Crippen LogP contribution in [-0.4, -0.2) is 11.1 Å². The molecule has 0 spiro atoms. The van der Waals surface area contributed by atoms with Gasteiger partial charge in [-0.2, -0.15) is 0 Å². The lowest BCUT2D eigenvalue weighted by Crippen LogP contribution is -2.13. The molecule has 0 aromatic heterocycles. The number of hydrogen-bond donors (Lipinski definition) is 1. The molecule has 0 aliphatic rings. The van der Waals surface area contributed by atoms with Gasteiger partial charge in [0.1, 0.15) is 11.5 Å². The van der Waals surface area contributed by atoms with Gasteiger partial charge in [-0.1, -0.05) is 44.2 Å². The van der Waals surface area contributed by atoms with E-state index in [1.165, 1.54) is 0 Å². The maximum atomic E-state index is 11.4. The van der Waals surface area contributed by atoms with Crippen molar-refractivity contribution in [1.82, 2.24) is 0 Å². The van der Waals surface area contributed by atoms with Crippen LogP contribution in [0.4, 0.5) is 0 Å². The molecular formula is C18H20O3. The van der Waals surface area contributed by atoms with E-state index in [-0.39, 0.29) is 0 Å². The van der Waals surface area contributed by atoms with Crippen LogP contribution in [0.5, 0.6) is 11.5 Å². The van der Waals surface area contributed by atoms with Crippen LogP contribution in [0.3, 0.4) is 0 Å². The standard InChI is InChI=1S/C18H20O3/c1-13(2)12-17(18(19)20)14-8-10-16(11-9-14)21-15-6-4-3-5-7-15/h3-11,13,17H,12H2,1-2H3,(H,19,20). The highest BCUT2D eigenvalue weighted by molar-refractivity contribution is 5.76. The van der Waals surface area contributed by atoms with Crippen LogP contribution in [-0.2, 0) is 4.79 Å². The highest BCUT2D eigenvalue weighted by Gasteiger charge is 2.20. The van der Waals surface area contributed by atoms with E-state index in [1.807, 2.05) is 68.4 Å². The van der Waals surface area contributed by atoms with Gasteiger partial charge in [-0.3, -0.25) is 4.79 Å². The zero-order valence-corrected chi connectivity index (χ0v) is 12.3. The van der Waals surface area contributed by atoms with E-state index >= 15 is 0 Å². The van der Waals surface area contributed by atoms with Gasteiger partial charge in [0.2, 0.25) is 0 Å². The van der Waals surface area contributed by atoms with Gasteiger partial charge in [0.05, 0.1) is 5.92 Å². The van der Waals surface area contributed by atoms with Gasteiger partial charge < -0.3 is 9.84 Å². The average Bonchev–Trinajstić information content (AvgIpc) is 2.46. The molecule has 0 bridgehead atoms. The maximum Gasteiger partial charge on any atom is 0.310 e. The van der Waals surface area contributed by atoms with Crippen LogP contribution in [0.2, 0.25) is 0 Å². The highest BCUT2D eigenvalue weighted by Crippen LogP contribution is 2.27. The monoisotopic (exact) mass is 284 g/mol. The Morgan fingerprint density at radius 2 is 1.57 bits per heavy atom. The fraction of sp³-hybridized carbons (Fsp3) is 0.278. The molecule has 1 unspecified atom stereocenters. The molecule has 0 fully saturated rings. The summed E-state index contributed by atoms with van der Waals surface area (Å²) in [5.74, 6) is 0.573. The van der Waals surface area contributed by atoms with Gasteiger partial charge in [-0.25, -0.2) is 0 Å². The number of aliphatic carboxylic acids is 1. The van der Waals surface area contributed by atoms with E-state index in [4.69, 9.17) is 4.74 Å². The Kier molecular flexibility index (Phi) is 4.99. The third kappa shape index (κ3) is 4.35. The Bertz CT molecular complexity index is 573. The zero-order valence-electron chi connectivity index (χ0n) is 12.3. The first-order chi connectivity index (χ1) is 10.1. The number of rotatable bonds is 6. The second-order valence-electron chi connectivity index (χ2n) is 5.50. The van der Waals surface area contributed by atoms with Crippen molar-refractivity contribution in [1.29, 1.82) is 0 Å². The molecule has 2 aromatic carbocycles. The maximum absolute atomic E-state index is 11.4. The Balaban J connectivity index is 2.12. The Morgan fingerprint density at radius 3 is 2.10 bits per heavy atom. The van der Waals surface area contributed by atoms with E-state index < -0.39 is 11.9 Å². The lowest BCUT2D eigenvalue weighted by molar-refractivity contribution is -0.139. The van der Waals surface area contributed by atoms with Crippen molar-refractivity contribution in [3.63, 3.8) is 0 Å². The lowest BCUT2D eigenvalue weighted by atomic mass is 9.90. The molecule has 21 heavy (non-hydrogen) atoms. The fourth-order valence-electron chi connectivity index (χ4n) is 2.24. The summed E-state index contributed by atoms with van der Waals surface area (Å²) in [6.45, 7) is 4.06. The third-order valence-electron chi connectivity index (χ3n) is 3.27. The van der Waals surface area contributed by atoms with Crippen molar-refractivity contribution in [3.05, 3.63) is 60.2 Å². The average molecular weight is 284 g/mol. The minimum Gasteiger partial charge on any atom is -0.481 e. The SMILES string of the molecule is CC(C)CC(C(=O)O)c1ccc(Oc2ccccc2)cc1. The molecule has 3 heteroatoms. The minimum absolute atomic E-state index is 0.339. The van der Waals surface area contributed by atoms with Gasteiger partial charge >= 0.3 is 5.97 Å². The first kappa shape index (κ1) is 15.1. The number of benzene rings is 2. The molecule has 0 aliphatic carbocycles. The molecule has 2 aromatic rings. The summed E-state index contributed by atoms with van der Waals surface area (Å²) in [6, 6.07) is 16.8. The van der Waals surface area contributed by atoms with Crippen LogP contribution >= 0.6 is 0 Å². The summed E-state index contributed by atoms with van der Waals surface area (Å²) in [5.41, 5.74) is 0.816. The smallest absolute Gasteiger partial charge is 0.310 e. The summed E-state index contributed by atoms with van der Waals surface area (Å²) >= 11 is 0. The van der Waals surface area contributed by atoms with E-state index in [0.29, 0.717) is 18.1 Å². The predicted octanol–water partition coefficient (Wildman–Crippen LogP) is 4.69. The molecule has 2 rings (SSSR count). The molecule has 1 atom stereocenters. The quantitative estimate of drug-likeness (QED) is 0.836. The summed E-state index contributed by atoms with van der Waals surface area (Å²) < 4.78 is 5.71. The van der Waals surface area contributed by atoms with E-state index in [1.54, 1.807) is 0 Å². The van der Waals surface area contributed by atoms with Crippen molar-refractivity contribution in [2.75, 3.05) is 0 Å². The second kappa shape index (κ2) is 6.93. The van der Waals surface area contributed by atoms with Crippen molar-refractivity contribution in [2.45, 2.75) is 26.2 Å². The van der Waals surface area contributed by atoms with Crippen LogP contribution in [0.15, 0.2) is 54.6 Å². The molecule has 0 radical (unpaired) electrons. The highest BCUT2D eigenvalue weighted by atomic mass is 16.5. The number of carboxylic acid groups (broad SMARTS) is 1. The molecule has 0 heterocycles. The summed E-state index contributed by atoms with van der Waals surface area (Å²) in [4.78, 5) is 11.4. The van der Waals surface area contributed by atoms with Crippen molar-refractivity contribution >= 4 is 5.97 Å². The fourth-order valence-corrected chi connectivity index (χ4v) is 2.24. The van der Waals surface area contributed by atoms with E-state index in [0.717, 1.165) is 11.3 Å². The third-order valence-corrected chi connectivity index (χ3v) is 3.27. The summed E-state index contributed by atoms with van der Waals surface area (Å²) in [5, 5.41) is 9.35. The summed E-state index contributed by atoms with van der Waals surface area (Å²) in [7, 11) is 0. The largest absolute Gasteiger partial charge is 0.481 e. The normalized spacial score (nSPS) is 12.1. The van der Waals surface area contributed by atoms with E-state index in [2.05, 4.69) is 0 Å². The van der Waals surface area contributed by atoms with Crippen LogP contribution in [0.25, 0.3) is 0 Å². The van der Waals surface area contributed by atoms with Crippen LogP contribution < -0.4 is 4.74 Å². The van der Waals surface area contributed by atoms with Gasteiger partial charge in [0.15, 0.2) is 0 Å². The molecule has 0 amide bonds. The van der Waals surface area contributed by atoms with Crippen molar-refractivity contribution in [2.24, 2.45) is 5.92 Å². The Hall–Kier alpha value is -2.29. The molecule has 1 N–H and O–H groups in total. The zero-order chi connectivity index (χ0) is 15.2. The van der Waals surface area contributed by atoms with Crippen molar-refractivity contribution in [3.8, 4) is 11.5 Å². The first-order valence-electron chi connectivity index (χ1n) is 7.12. The van der Waals surface area contributed by atoms with Gasteiger partial charge in [0.25, 0.3) is 0 Å². The molecule has 0 saturated carbocycles. The lowest BCUT2D eigenvalue weighted by Gasteiger charge is -2.15. The molecule has 0 saturated heterocycles. The molecule has 110 valence electrons. The minimum atomic E-state index is -0.777. The van der Waals surface area contributed by atoms with Crippen molar-refractivity contribution < 1.29 is 14.6 Å². The number of carboxylic acids is 1. The number of hydrogen-bond acceptors (Lipinski definition) is 2. The van der Waals surface area contributed by atoms with Crippen LogP contribution in [0.1, 0.15) is 31.7 Å². The van der Waals surface area contributed by atoms with Gasteiger partial charge in [0, 0.05) is 0 Å². The van der Waals surface area contributed by atoms with Gasteiger partial charge in [-0.15, -0.1) is 0 Å². The second-order valence-corrected chi connectivity index (χ2v) is 5.50. The summed E-state index contributed by atoms with van der Waals surface area (Å²) in [6.07, 6.45) is 0.633. The predicted molar refractivity (Wildman–Crippen MR) is 82.8 cm³/mol. The number of para-hydroxylation sites is 1. The number of ether oxygens (including phenoxy) is 1. The Morgan fingerprint density at radius 1 is 1.00 bits per heavy atom. The number of carbonyl (C=O) groups is 1. The van der Waals surface area contributed by atoms with Crippen LogP contribution in [0, 0.1) is 5.92 Å². The molecular weight excluding hydrogens is 264 g/mol. The molecule has 3 nitrogen and oxygen atoms in total. The van der Waals surface area contributed by atoms with Gasteiger partial charge in [-0.05, 0) is 42.2 Å². The Labute approximate surface area is 125 Å². The first-order valence-corrected chi connectivity index (χ1v) is 7.12. The van der Waals surface area contributed by atoms with E-state index in [9.17, 15) is 9.90 Å². The topological polar surface area (TPSA) is 46.5 Å².